The zero-order chi connectivity index (χ0) is 18.0. The minimum atomic E-state index is -0.381. The van der Waals surface area contributed by atoms with Crippen molar-refractivity contribution in [3.05, 3.63) is 70.1 Å². The van der Waals surface area contributed by atoms with Crippen LogP contribution < -0.4 is 5.32 Å². The molecule has 3 aromatic rings. The summed E-state index contributed by atoms with van der Waals surface area (Å²) in [4.78, 5) is 13.1. The summed E-state index contributed by atoms with van der Waals surface area (Å²) < 4.78 is 33.4. The second kappa shape index (κ2) is 7.29. The van der Waals surface area contributed by atoms with E-state index in [1.54, 1.807) is 31.2 Å². The molecule has 0 bridgehead atoms. The van der Waals surface area contributed by atoms with E-state index in [1.165, 1.54) is 36.6 Å². The third-order valence-electron chi connectivity index (χ3n) is 3.95. The van der Waals surface area contributed by atoms with Gasteiger partial charge in [-0.15, -0.1) is 11.3 Å². The van der Waals surface area contributed by atoms with E-state index in [0.29, 0.717) is 26.1 Å². The van der Waals surface area contributed by atoms with E-state index in [9.17, 15) is 13.6 Å². The highest BCUT2D eigenvalue weighted by atomic mass is 32.1. The van der Waals surface area contributed by atoms with Gasteiger partial charge in [0.05, 0.1) is 17.5 Å². The van der Waals surface area contributed by atoms with Gasteiger partial charge in [-0.2, -0.15) is 0 Å². The summed E-state index contributed by atoms with van der Waals surface area (Å²) in [6, 6.07) is 10.4. The lowest BCUT2D eigenvalue weighted by Crippen LogP contribution is -2.26. The van der Waals surface area contributed by atoms with Crippen molar-refractivity contribution in [2.45, 2.75) is 19.6 Å². The topological polar surface area (TPSA) is 38.3 Å². The molecule has 0 aliphatic carbocycles. The van der Waals surface area contributed by atoms with Gasteiger partial charge in [-0.25, -0.2) is 8.78 Å². The molecule has 0 aliphatic rings. The van der Waals surface area contributed by atoms with Gasteiger partial charge in [0.15, 0.2) is 0 Å². The summed E-state index contributed by atoms with van der Waals surface area (Å²) in [5, 5.41) is 3.26. The third kappa shape index (κ3) is 3.55. The summed E-state index contributed by atoms with van der Waals surface area (Å²) in [7, 11) is 1.50. The molecule has 3 nitrogen and oxygen atoms in total. The molecule has 0 spiro atoms. The number of amides is 1. The molecule has 3 rings (SSSR count). The molecule has 1 N–H and O–H groups in total. The largest absolute Gasteiger partial charge is 0.380 e. The maximum Gasteiger partial charge on any atom is 0.262 e. The van der Waals surface area contributed by atoms with Gasteiger partial charge in [-0.3, -0.25) is 4.79 Å². The van der Waals surface area contributed by atoms with Crippen LogP contribution in [-0.4, -0.2) is 13.0 Å². The van der Waals surface area contributed by atoms with Crippen molar-refractivity contribution in [3.8, 4) is 0 Å². The van der Waals surface area contributed by atoms with Gasteiger partial charge in [-0.05, 0) is 36.8 Å². The van der Waals surface area contributed by atoms with Gasteiger partial charge in [0, 0.05) is 22.8 Å². The molecule has 6 heteroatoms. The van der Waals surface area contributed by atoms with E-state index < -0.39 is 0 Å². The molecule has 0 radical (unpaired) electrons. The Morgan fingerprint density at radius 1 is 1.24 bits per heavy atom. The smallest absolute Gasteiger partial charge is 0.262 e. The number of rotatable bonds is 5. The fourth-order valence-electron chi connectivity index (χ4n) is 2.75. The molecular weight excluding hydrogens is 344 g/mol. The summed E-state index contributed by atoms with van der Waals surface area (Å²) in [6.07, 6.45) is 0. The van der Waals surface area contributed by atoms with Gasteiger partial charge >= 0.3 is 0 Å². The van der Waals surface area contributed by atoms with Gasteiger partial charge in [0.25, 0.3) is 5.91 Å². The molecule has 1 aromatic heterocycles. The van der Waals surface area contributed by atoms with Crippen LogP contribution in [0.5, 0.6) is 0 Å². The van der Waals surface area contributed by atoms with Gasteiger partial charge in [-0.1, -0.05) is 18.2 Å². The Kier molecular flexibility index (Phi) is 5.11. The molecule has 25 heavy (non-hydrogen) atoms. The van der Waals surface area contributed by atoms with Crippen molar-refractivity contribution >= 4 is 27.3 Å². The third-order valence-corrected chi connectivity index (χ3v) is 5.15. The minimum absolute atomic E-state index is 0.137. The Labute approximate surface area is 148 Å². The van der Waals surface area contributed by atoms with E-state index in [2.05, 4.69) is 5.32 Å². The fourth-order valence-corrected chi connectivity index (χ4v) is 3.88. The van der Waals surface area contributed by atoms with Crippen molar-refractivity contribution < 1.29 is 18.3 Å². The maximum atomic E-state index is 14.2. The highest BCUT2D eigenvalue weighted by Crippen LogP contribution is 2.34. The zero-order valence-corrected chi connectivity index (χ0v) is 14.6. The molecular formula is C19H17F2NO2S. The van der Waals surface area contributed by atoms with Crippen molar-refractivity contribution in [1.82, 2.24) is 5.32 Å². The van der Waals surface area contributed by atoms with Crippen LogP contribution in [0.4, 0.5) is 8.78 Å². The lowest BCUT2D eigenvalue weighted by Gasteiger charge is -2.14. The monoisotopic (exact) mass is 361 g/mol. The van der Waals surface area contributed by atoms with Crippen LogP contribution in [0.3, 0.4) is 0 Å². The average Bonchev–Trinajstić information content (AvgIpc) is 2.95. The molecule has 0 saturated heterocycles. The number of ether oxygens (including phenoxy) is 1. The lowest BCUT2D eigenvalue weighted by molar-refractivity contribution is 0.0939. The molecule has 2 aromatic carbocycles. The van der Waals surface area contributed by atoms with Crippen molar-refractivity contribution in [1.29, 1.82) is 0 Å². The van der Waals surface area contributed by atoms with E-state index in [4.69, 9.17) is 4.74 Å². The number of nitrogens with one attached hydrogen (secondary N) is 1. The number of fused-ring (bicyclic) bond motifs is 1. The molecule has 1 atom stereocenters. The maximum absolute atomic E-state index is 14.2. The Balaban J connectivity index is 1.94. The van der Waals surface area contributed by atoms with Crippen LogP contribution >= 0.6 is 11.3 Å². The van der Waals surface area contributed by atoms with Crippen LogP contribution in [0.25, 0.3) is 10.1 Å². The van der Waals surface area contributed by atoms with Crippen LogP contribution in [-0.2, 0) is 11.3 Å². The van der Waals surface area contributed by atoms with Crippen LogP contribution in [0.2, 0.25) is 0 Å². The average molecular weight is 361 g/mol. The SMILES string of the molecule is COCc1c(C(=O)NC(C)c2cccc(F)c2)sc2cccc(F)c12. The first kappa shape index (κ1) is 17.5. The number of halogens is 2. The number of carbonyl (C=O) groups excluding carboxylic acids is 1. The van der Waals surface area contributed by atoms with E-state index in [0.717, 1.165) is 0 Å². The highest BCUT2D eigenvalue weighted by Gasteiger charge is 2.22. The number of methoxy groups -OCH3 is 1. The zero-order valence-electron chi connectivity index (χ0n) is 13.8. The second-order valence-corrected chi connectivity index (χ2v) is 6.76. The van der Waals surface area contributed by atoms with Gasteiger partial charge in [0.1, 0.15) is 11.6 Å². The number of carbonyl (C=O) groups is 1. The molecule has 130 valence electrons. The Morgan fingerprint density at radius 2 is 2.00 bits per heavy atom. The first-order chi connectivity index (χ1) is 12.0. The number of hydrogen-bond donors (Lipinski definition) is 1. The second-order valence-electron chi connectivity index (χ2n) is 5.71. The Hall–Kier alpha value is -2.31. The Bertz CT molecular complexity index is 923. The van der Waals surface area contributed by atoms with Crippen LogP contribution in [0.15, 0.2) is 42.5 Å². The standard InChI is InChI=1S/C19H17F2NO2S/c1-11(12-5-3-6-13(20)9-12)22-19(23)18-14(10-24-2)17-15(21)7-4-8-16(17)25-18/h3-9,11H,10H2,1-2H3,(H,22,23). The fraction of sp³-hybridized carbons (Fsp3) is 0.211. The summed E-state index contributed by atoms with van der Waals surface area (Å²) in [6.45, 7) is 1.91. The molecule has 0 saturated carbocycles. The van der Waals surface area contributed by atoms with Crippen molar-refractivity contribution in [3.63, 3.8) is 0 Å². The lowest BCUT2D eigenvalue weighted by atomic mass is 10.1. The number of benzene rings is 2. The molecule has 1 amide bonds. The van der Waals surface area contributed by atoms with Crippen molar-refractivity contribution in [2.75, 3.05) is 7.11 Å². The number of hydrogen-bond acceptors (Lipinski definition) is 3. The normalized spacial score (nSPS) is 12.3. The van der Waals surface area contributed by atoms with Crippen LogP contribution in [0, 0.1) is 11.6 Å². The molecule has 1 unspecified atom stereocenters. The highest BCUT2D eigenvalue weighted by molar-refractivity contribution is 7.21. The quantitative estimate of drug-likeness (QED) is 0.708. The van der Waals surface area contributed by atoms with Gasteiger partial charge < -0.3 is 10.1 Å². The van der Waals surface area contributed by atoms with Gasteiger partial charge in [0.2, 0.25) is 0 Å². The predicted molar refractivity (Wildman–Crippen MR) is 94.8 cm³/mol. The molecule has 1 heterocycles. The van der Waals surface area contributed by atoms with E-state index in [-0.39, 0.29) is 30.2 Å². The van der Waals surface area contributed by atoms with Crippen LogP contribution in [0.1, 0.15) is 33.8 Å². The first-order valence-corrected chi connectivity index (χ1v) is 8.58. The summed E-state index contributed by atoms with van der Waals surface area (Å²) in [5.41, 5.74) is 1.19. The molecule has 0 fully saturated rings. The number of thiophene rings is 1. The van der Waals surface area contributed by atoms with Crippen molar-refractivity contribution in [2.24, 2.45) is 0 Å². The predicted octanol–water partition coefficient (Wildman–Crippen LogP) is 4.82. The van der Waals surface area contributed by atoms with E-state index >= 15 is 0 Å². The summed E-state index contributed by atoms with van der Waals surface area (Å²) >= 11 is 1.22. The first-order valence-electron chi connectivity index (χ1n) is 7.76. The molecule has 0 aliphatic heterocycles. The minimum Gasteiger partial charge on any atom is -0.380 e. The van der Waals surface area contributed by atoms with E-state index in [1.807, 2.05) is 0 Å². The Morgan fingerprint density at radius 3 is 2.72 bits per heavy atom. The summed E-state index contributed by atoms with van der Waals surface area (Å²) in [5.74, 6) is -1.06.